The van der Waals surface area contributed by atoms with E-state index in [1.807, 2.05) is 18.2 Å². The Hall–Kier alpha value is -1.65. The minimum atomic E-state index is -0.136. The van der Waals surface area contributed by atoms with Gasteiger partial charge in [-0.25, -0.2) is 0 Å². The first-order valence-corrected chi connectivity index (χ1v) is 7.93. The summed E-state index contributed by atoms with van der Waals surface area (Å²) in [6.07, 6.45) is 0. The molecule has 21 heavy (non-hydrogen) atoms. The molecule has 2 aromatic rings. The van der Waals surface area contributed by atoms with Crippen molar-refractivity contribution in [2.45, 2.75) is 4.90 Å². The Labute approximate surface area is 133 Å². The summed E-state index contributed by atoms with van der Waals surface area (Å²) in [4.78, 5) is 12.8. The molecule has 0 aliphatic carbocycles. The molecule has 0 unspecified atom stereocenters. The second-order valence-electron chi connectivity index (χ2n) is 4.26. The number of benzene rings is 2. The van der Waals surface area contributed by atoms with Gasteiger partial charge in [0.15, 0.2) is 6.61 Å². The van der Waals surface area contributed by atoms with Crippen LogP contribution in [-0.2, 0) is 4.79 Å². The molecule has 0 saturated carbocycles. The molecule has 0 aliphatic heterocycles. The summed E-state index contributed by atoms with van der Waals surface area (Å²) in [6.45, 7) is 0.605. The van der Waals surface area contributed by atoms with Gasteiger partial charge in [-0.15, -0.1) is 11.8 Å². The molecule has 2 aromatic carbocycles. The van der Waals surface area contributed by atoms with Crippen LogP contribution < -0.4 is 10.1 Å². The molecule has 5 heteroatoms. The first-order valence-electron chi connectivity index (χ1n) is 6.57. The number of carbonyl (C=O) groups is 1. The topological polar surface area (TPSA) is 38.3 Å². The lowest BCUT2D eigenvalue weighted by atomic mass is 10.3. The van der Waals surface area contributed by atoms with Crippen molar-refractivity contribution in [1.82, 2.24) is 5.32 Å². The van der Waals surface area contributed by atoms with Crippen molar-refractivity contribution in [3.8, 4) is 5.75 Å². The van der Waals surface area contributed by atoms with Gasteiger partial charge in [-0.2, -0.15) is 0 Å². The van der Waals surface area contributed by atoms with Crippen LogP contribution >= 0.6 is 23.4 Å². The number of hydrogen-bond donors (Lipinski definition) is 1. The zero-order chi connectivity index (χ0) is 14.9. The highest BCUT2D eigenvalue weighted by Gasteiger charge is 2.02. The van der Waals surface area contributed by atoms with E-state index in [1.165, 1.54) is 4.90 Å². The van der Waals surface area contributed by atoms with E-state index in [1.54, 1.807) is 36.0 Å². The molecule has 3 nitrogen and oxygen atoms in total. The Morgan fingerprint density at radius 3 is 2.71 bits per heavy atom. The SMILES string of the molecule is O=C(COc1cccc(Cl)c1)NCCSc1ccccc1. The van der Waals surface area contributed by atoms with Gasteiger partial charge in [-0.3, -0.25) is 4.79 Å². The summed E-state index contributed by atoms with van der Waals surface area (Å²) in [6, 6.07) is 17.1. The molecule has 1 N–H and O–H groups in total. The second-order valence-corrected chi connectivity index (χ2v) is 5.86. The summed E-state index contributed by atoms with van der Waals surface area (Å²) >= 11 is 7.54. The molecule has 0 bridgehead atoms. The van der Waals surface area contributed by atoms with Crippen LogP contribution in [0.5, 0.6) is 5.75 Å². The summed E-state index contributed by atoms with van der Waals surface area (Å²) < 4.78 is 5.36. The van der Waals surface area contributed by atoms with Crippen LogP contribution in [0.3, 0.4) is 0 Å². The highest BCUT2D eigenvalue weighted by Crippen LogP contribution is 2.17. The molecule has 1 amide bonds. The fraction of sp³-hybridized carbons (Fsp3) is 0.188. The largest absolute Gasteiger partial charge is 0.484 e. The minimum Gasteiger partial charge on any atom is -0.484 e. The van der Waals surface area contributed by atoms with Gasteiger partial charge in [0.2, 0.25) is 0 Å². The zero-order valence-corrected chi connectivity index (χ0v) is 13.0. The van der Waals surface area contributed by atoms with E-state index in [4.69, 9.17) is 16.3 Å². The first-order chi connectivity index (χ1) is 10.2. The van der Waals surface area contributed by atoms with Crippen LogP contribution in [0, 0.1) is 0 Å². The third-order valence-corrected chi connectivity index (χ3v) is 3.85. The normalized spacial score (nSPS) is 10.1. The van der Waals surface area contributed by atoms with Gasteiger partial charge in [-0.1, -0.05) is 35.9 Å². The van der Waals surface area contributed by atoms with Gasteiger partial charge in [0.1, 0.15) is 5.75 Å². The average molecular weight is 322 g/mol. The van der Waals surface area contributed by atoms with E-state index in [0.717, 1.165) is 5.75 Å². The van der Waals surface area contributed by atoms with Gasteiger partial charge in [0.25, 0.3) is 5.91 Å². The predicted octanol–water partition coefficient (Wildman–Crippen LogP) is 3.63. The summed E-state index contributed by atoms with van der Waals surface area (Å²) in [5.41, 5.74) is 0. The van der Waals surface area contributed by atoms with Crippen molar-refractivity contribution in [3.05, 3.63) is 59.6 Å². The first kappa shape index (κ1) is 15.7. The lowest BCUT2D eigenvalue weighted by Gasteiger charge is -2.07. The Bertz CT molecular complexity index is 577. The molecular formula is C16H16ClNO2S. The molecule has 0 atom stereocenters. The molecule has 110 valence electrons. The monoisotopic (exact) mass is 321 g/mol. The highest BCUT2D eigenvalue weighted by molar-refractivity contribution is 7.99. The number of amides is 1. The van der Waals surface area contributed by atoms with Crippen LogP contribution in [0.25, 0.3) is 0 Å². The molecule has 0 aliphatic rings. The Balaban J connectivity index is 1.62. The van der Waals surface area contributed by atoms with Crippen LogP contribution in [0.1, 0.15) is 0 Å². The molecular weight excluding hydrogens is 306 g/mol. The second kappa shape index (κ2) is 8.60. The Morgan fingerprint density at radius 2 is 1.95 bits per heavy atom. The van der Waals surface area contributed by atoms with Gasteiger partial charge in [0, 0.05) is 22.2 Å². The van der Waals surface area contributed by atoms with E-state index in [9.17, 15) is 4.79 Å². The van der Waals surface area contributed by atoms with Crippen molar-refractivity contribution in [2.24, 2.45) is 0 Å². The minimum absolute atomic E-state index is 0.00363. The number of nitrogens with one attached hydrogen (secondary N) is 1. The maximum atomic E-state index is 11.6. The van der Waals surface area contributed by atoms with Gasteiger partial charge >= 0.3 is 0 Å². The number of ether oxygens (including phenoxy) is 1. The van der Waals surface area contributed by atoms with Gasteiger partial charge in [-0.05, 0) is 30.3 Å². The van der Waals surface area contributed by atoms with E-state index in [-0.39, 0.29) is 12.5 Å². The average Bonchev–Trinajstić information content (AvgIpc) is 2.51. The standard InChI is InChI=1S/C16H16ClNO2S/c17-13-5-4-6-14(11-13)20-12-16(19)18-9-10-21-15-7-2-1-3-8-15/h1-8,11H,9-10,12H2,(H,18,19). The zero-order valence-electron chi connectivity index (χ0n) is 11.4. The van der Waals surface area contributed by atoms with Crippen LogP contribution in [0.15, 0.2) is 59.5 Å². The third kappa shape index (κ3) is 6.10. The van der Waals surface area contributed by atoms with Gasteiger partial charge in [0.05, 0.1) is 0 Å². The smallest absolute Gasteiger partial charge is 0.257 e. The van der Waals surface area contributed by atoms with Crippen LogP contribution in [0.2, 0.25) is 5.02 Å². The molecule has 0 spiro atoms. The quantitative estimate of drug-likeness (QED) is 0.625. The van der Waals surface area contributed by atoms with Crippen molar-refractivity contribution >= 4 is 29.3 Å². The molecule has 2 rings (SSSR count). The van der Waals surface area contributed by atoms with Gasteiger partial charge < -0.3 is 10.1 Å². The lowest BCUT2D eigenvalue weighted by Crippen LogP contribution is -2.30. The van der Waals surface area contributed by atoms with Crippen molar-refractivity contribution in [1.29, 1.82) is 0 Å². The fourth-order valence-corrected chi connectivity index (χ4v) is 2.60. The third-order valence-electron chi connectivity index (χ3n) is 2.60. The molecule has 0 heterocycles. The molecule has 0 saturated heterocycles. The molecule has 0 aromatic heterocycles. The summed E-state index contributed by atoms with van der Waals surface area (Å²) in [5.74, 6) is 1.28. The van der Waals surface area contributed by atoms with Crippen LogP contribution in [0.4, 0.5) is 0 Å². The summed E-state index contributed by atoms with van der Waals surface area (Å²) in [7, 11) is 0. The molecule has 0 radical (unpaired) electrons. The van der Waals surface area contributed by atoms with E-state index < -0.39 is 0 Å². The van der Waals surface area contributed by atoms with Crippen molar-refractivity contribution in [3.63, 3.8) is 0 Å². The summed E-state index contributed by atoms with van der Waals surface area (Å²) in [5, 5.41) is 3.41. The number of hydrogen-bond acceptors (Lipinski definition) is 3. The highest BCUT2D eigenvalue weighted by atomic mass is 35.5. The maximum Gasteiger partial charge on any atom is 0.257 e. The fourth-order valence-electron chi connectivity index (χ4n) is 1.63. The van der Waals surface area contributed by atoms with E-state index >= 15 is 0 Å². The van der Waals surface area contributed by atoms with E-state index in [0.29, 0.717) is 17.3 Å². The Morgan fingerprint density at radius 1 is 1.14 bits per heavy atom. The Kier molecular flexibility index (Phi) is 6.44. The van der Waals surface area contributed by atoms with Crippen molar-refractivity contribution < 1.29 is 9.53 Å². The van der Waals surface area contributed by atoms with Crippen molar-refractivity contribution in [2.75, 3.05) is 18.9 Å². The predicted molar refractivity (Wildman–Crippen MR) is 87.1 cm³/mol. The van der Waals surface area contributed by atoms with Crippen LogP contribution in [-0.4, -0.2) is 24.8 Å². The maximum absolute atomic E-state index is 11.6. The number of thioether (sulfide) groups is 1. The van der Waals surface area contributed by atoms with E-state index in [2.05, 4.69) is 17.4 Å². The lowest BCUT2D eigenvalue weighted by molar-refractivity contribution is -0.122. The number of halogens is 1. The number of carbonyl (C=O) groups excluding carboxylic acids is 1. The molecule has 0 fully saturated rings. The number of rotatable bonds is 7.